The van der Waals surface area contributed by atoms with E-state index in [1.807, 2.05) is 0 Å². The van der Waals surface area contributed by atoms with E-state index < -0.39 is 5.97 Å². The van der Waals surface area contributed by atoms with Crippen molar-refractivity contribution in [2.24, 2.45) is 5.92 Å². The highest BCUT2D eigenvalue weighted by Crippen LogP contribution is 2.18. The third kappa shape index (κ3) is 13.9. The zero-order valence-corrected chi connectivity index (χ0v) is 19.8. The topological polar surface area (TPSA) is 161 Å². The van der Waals surface area contributed by atoms with Crippen LogP contribution in [-0.4, -0.2) is 98.9 Å². The third-order valence-corrected chi connectivity index (χ3v) is 4.92. The molecule has 1 heterocycles. The van der Waals surface area contributed by atoms with Gasteiger partial charge in [0, 0.05) is 58.0 Å². The minimum atomic E-state index is -0.994. The third-order valence-electron chi connectivity index (χ3n) is 4.92. The highest BCUT2D eigenvalue weighted by molar-refractivity contribution is 6.03. The van der Waals surface area contributed by atoms with Gasteiger partial charge in [0.1, 0.15) is 0 Å². The molecule has 0 aromatic heterocycles. The first-order valence-electron chi connectivity index (χ1n) is 11.6. The molecule has 12 nitrogen and oxygen atoms in total. The number of likely N-dealkylation sites (tertiary alicyclic amines) is 1. The van der Waals surface area contributed by atoms with Gasteiger partial charge in [-0.1, -0.05) is 6.92 Å². The van der Waals surface area contributed by atoms with Gasteiger partial charge in [0.15, 0.2) is 0 Å². The van der Waals surface area contributed by atoms with E-state index in [1.54, 1.807) is 6.92 Å². The lowest BCUT2D eigenvalue weighted by Crippen LogP contribution is -2.35. The summed E-state index contributed by atoms with van der Waals surface area (Å²) in [5.41, 5.74) is 0. The molecule has 1 aliphatic heterocycles. The van der Waals surface area contributed by atoms with Crippen LogP contribution in [0.5, 0.6) is 0 Å². The van der Waals surface area contributed by atoms with Crippen molar-refractivity contribution in [3.63, 3.8) is 0 Å². The Hall–Kier alpha value is -2.57. The maximum atomic E-state index is 11.8. The smallest absolute Gasteiger partial charge is 0.303 e. The quantitative estimate of drug-likeness (QED) is 0.155. The van der Waals surface area contributed by atoms with E-state index in [-0.39, 0.29) is 61.8 Å². The van der Waals surface area contributed by atoms with Crippen LogP contribution in [0.15, 0.2) is 0 Å². The second kappa shape index (κ2) is 17.8. The summed E-state index contributed by atoms with van der Waals surface area (Å²) in [4.78, 5) is 58.1. The van der Waals surface area contributed by atoms with Gasteiger partial charge in [0.05, 0.1) is 32.8 Å². The van der Waals surface area contributed by atoms with Crippen molar-refractivity contribution in [3.05, 3.63) is 0 Å². The lowest BCUT2D eigenvalue weighted by molar-refractivity contribution is -0.140. The molecular formula is C22H37N3O9. The molecule has 0 radical (unpaired) electrons. The first kappa shape index (κ1) is 29.5. The first-order valence-corrected chi connectivity index (χ1v) is 11.6. The van der Waals surface area contributed by atoms with Crippen molar-refractivity contribution in [1.82, 2.24) is 15.5 Å². The molecule has 1 atom stereocenters. The molecule has 0 unspecified atom stereocenters. The Morgan fingerprint density at radius 3 is 1.82 bits per heavy atom. The molecule has 4 amide bonds. The van der Waals surface area contributed by atoms with E-state index >= 15 is 0 Å². The standard InChI is InChI=1S/C22H37N3O9/c1-17-16-20(28)25(22(17)31)9-6-19(27)24-8-3-11-33-13-15-34-14-12-32-10-2-7-23-18(26)4-5-21(29)30/h17H,2-16H2,1H3,(H,23,26)(H,24,27)(H,29,30)/t17-/m1/s1. The fraction of sp³-hybridized carbons (Fsp3) is 0.773. The number of carbonyl (C=O) groups is 5. The van der Waals surface area contributed by atoms with Crippen LogP contribution < -0.4 is 10.6 Å². The summed E-state index contributed by atoms with van der Waals surface area (Å²) in [5.74, 6) is -2.21. The van der Waals surface area contributed by atoms with Crippen molar-refractivity contribution in [3.8, 4) is 0 Å². The summed E-state index contributed by atoms with van der Waals surface area (Å²) in [7, 11) is 0. The average molecular weight is 488 g/mol. The zero-order chi connectivity index (χ0) is 25.2. The second-order valence-electron chi connectivity index (χ2n) is 7.88. The molecule has 194 valence electrons. The lowest BCUT2D eigenvalue weighted by Gasteiger charge is -2.14. The van der Waals surface area contributed by atoms with Gasteiger partial charge in [-0.3, -0.25) is 28.9 Å². The monoisotopic (exact) mass is 487 g/mol. The number of carboxylic acid groups (broad SMARTS) is 1. The summed E-state index contributed by atoms with van der Waals surface area (Å²) in [6.07, 6.45) is 1.39. The Morgan fingerprint density at radius 2 is 1.35 bits per heavy atom. The highest BCUT2D eigenvalue weighted by Gasteiger charge is 2.35. The van der Waals surface area contributed by atoms with E-state index in [2.05, 4.69) is 10.6 Å². The van der Waals surface area contributed by atoms with Gasteiger partial charge in [-0.05, 0) is 12.8 Å². The maximum Gasteiger partial charge on any atom is 0.303 e. The molecule has 1 saturated heterocycles. The van der Waals surface area contributed by atoms with Gasteiger partial charge < -0.3 is 30.0 Å². The summed E-state index contributed by atoms with van der Waals surface area (Å²) < 4.78 is 16.2. The Balaban J connectivity index is 1.81. The number of ether oxygens (including phenoxy) is 3. The largest absolute Gasteiger partial charge is 0.481 e. The number of nitrogens with zero attached hydrogens (tertiary/aromatic N) is 1. The SMILES string of the molecule is C[C@@H]1CC(=O)N(CCC(=O)NCCCOCCOCCOCCCNC(=O)CCC(=O)O)C1=O. The number of nitrogens with one attached hydrogen (secondary N) is 2. The van der Waals surface area contributed by atoms with Crippen LogP contribution in [0.25, 0.3) is 0 Å². The number of hydrogen-bond acceptors (Lipinski definition) is 8. The predicted molar refractivity (Wildman–Crippen MR) is 120 cm³/mol. The molecular weight excluding hydrogens is 450 g/mol. The second-order valence-corrected chi connectivity index (χ2v) is 7.88. The van der Waals surface area contributed by atoms with Crippen molar-refractivity contribution in [2.75, 3.05) is 59.3 Å². The summed E-state index contributed by atoms with van der Waals surface area (Å²) in [6, 6.07) is 0. The molecule has 1 rings (SSSR count). The molecule has 0 aliphatic carbocycles. The fourth-order valence-electron chi connectivity index (χ4n) is 3.04. The molecule has 0 spiro atoms. The minimum Gasteiger partial charge on any atom is -0.481 e. The summed E-state index contributed by atoms with van der Waals surface area (Å²) >= 11 is 0. The van der Waals surface area contributed by atoms with Crippen molar-refractivity contribution in [2.45, 2.75) is 45.4 Å². The van der Waals surface area contributed by atoms with E-state index in [9.17, 15) is 24.0 Å². The fourth-order valence-corrected chi connectivity index (χ4v) is 3.04. The van der Waals surface area contributed by atoms with Gasteiger partial charge in [0.25, 0.3) is 0 Å². The molecule has 1 fully saturated rings. The summed E-state index contributed by atoms with van der Waals surface area (Å²) in [6.45, 7) is 5.35. The first-order chi connectivity index (χ1) is 16.3. The average Bonchev–Trinajstić information content (AvgIpc) is 3.04. The number of imide groups is 1. The highest BCUT2D eigenvalue weighted by atomic mass is 16.5. The Morgan fingerprint density at radius 1 is 0.853 bits per heavy atom. The molecule has 0 bridgehead atoms. The molecule has 3 N–H and O–H groups in total. The van der Waals surface area contributed by atoms with E-state index in [1.165, 1.54) is 0 Å². The van der Waals surface area contributed by atoms with Crippen LogP contribution in [-0.2, 0) is 38.2 Å². The molecule has 0 aromatic carbocycles. The number of amides is 4. The van der Waals surface area contributed by atoms with E-state index in [0.29, 0.717) is 65.6 Å². The van der Waals surface area contributed by atoms with Crippen molar-refractivity contribution >= 4 is 29.6 Å². The molecule has 0 aromatic rings. The predicted octanol–water partition coefficient (Wildman–Crippen LogP) is -0.301. The molecule has 12 heteroatoms. The van der Waals surface area contributed by atoms with Crippen molar-refractivity contribution in [1.29, 1.82) is 0 Å². The van der Waals surface area contributed by atoms with Crippen LogP contribution in [0.2, 0.25) is 0 Å². The number of carbonyl (C=O) groups excluding carboxylic acids is 4. The van der Waals surface area contributed by atoms with Crippen LogP contribution in [0, 0.1) is 5.92 Å². The molecule has 0 saturated carbocycles. The molecule has 1 aliphatic rings. The number of aliphatic carboxylic acids is 1. The van der Waals surface area contributed by atoms with Crippen LogP contribution in [0.4, 0.5) is 0 Å². The van der Waals surface area contributed by atoms with Crippen molar-refractivity contribution < 1.29 is 43.3 Å². The summed E-state index contributed by atoms with van der Waals surface area (Å²) in [5, 5.41) is 13.9. The number of carboxylic acids is 1. The van der Waals surface area contributed by atoms with Crippen LogP contribution >= 0.6 is 0 Å². The maximum absolute atomic E-state index is 11.8. The Kier molecular flexibility index (Phi) is 15.5. The van der Waals surface area contributed by atoms with Gasteiger partial charge in [-0.2, -0.15) is 0 Å². The minimum absolute atomic E-state index is 0.0224. The molecule has 34 heavy (non-hydrogen) atoms. The van der Waals surface area contributed by atoms with Gasteiger partial charge in [0.2, 0.25) is 23.6 Å². The van der Waals surface area contributed by atoms with Crippen LogP contribution in [0.1, 0.15) is 45.4 Å². The van der Waals surface area contributed by atoms with Gasteiger partial charge in [-0.15, -0.1) is 0 Å². The van der Waals surface area contributed by atoms with E-state index in [0.717, 1.165) is 4.90 Å². The normalized spacial score (nSPS) is 15.6. The Bertz CT molecular complexity index is 672. The Labute approximate surface area is 199 Å². The zero-order valence-electron chi connectivity index (χ0n) is 19.8. The van der Waals surface area contributed by atoms with Gasteiger partial charge >= 0.3 is 5.97 Å². The number of rotatable bonds is 20. The lowest BCUT2D eigenvalue weighted by atomic mass is 10.1. The van der Waals surface area contributed by atoms with Crippen LogP contribution in [0.3, 0.4) is 0 Å². The van der Waals surface area contributed by atoms with E-state index in [4.69, 9.17) is 19.3 Å². The van der Waals surface area contributed by atoms with Gasteiger partial charge in [-0.25, -0.2) is 0 Å². The number of hydrogen-bond donors (Lipinski definition) is 3.